The summed E-state index contributed by atoms with van der Waals surface area (Å²) >= 11 is 0. The number of anilines is 1. The van der Waals surface area contributed by atoms with Gasteiger partial charge in [-0.15, -0.1) is 0 Å². The molecule has 6 heteroatoms. The van der Waals surface area contributed by atoms with E-state index in [-0.39, 0.29) is 0 Å². The van der Waals surface area contributed by atoms with Crippen molar-refractivity contribution in [3.63, 3.8) is 0 Å². The zero-order chi connectivity index (χ0) is 12.9. The Morgan fingerprint density at radius 2 is 1.88 bits per heavy atom. The van der Waals surface area contributed by atoms with Crippen LogP contribution in [0.15, 0.2) is 30.3 Å². The summed E-state index contributed by atoms with van der Waals surface area (Å²) in [7, 11) is 0. The van der Waals surface area contributed by atoms with E-state index in [2.05, 4.69) is 5.32 Å². The molecule has 0 saturated carbocycles. The number of halogens is 3. The first-order valence-corrected chi connectivity index (χ1v) is 5.12. The van der Waals surface area contributed by atoms with Gasteiger partial charge in [0.05, 0.1) is 6.17 Å². The molecule has 1 rings (SSSR count). The SMILES string of the molecule is CCC(NC(=O)C(F)(F)F)Nc1ccccc1. The minimum atomic E-state index is -4.86. The third-order valence-electron chi connectivity index (χ3n) is 2.09. The minimum absolute atomic E-state index is 0.344. The molecule has 1 aromatic carbocycles. The Kier molecular flexibility index (Phi) is 4.37. The number of hydrogen-bond donors (Lipinski definition) is 2. The first-order valence-electron chi connectivity index (χ1n) is 5.12. The average Bonchev–Trinajstić information content (AvgIpc) is 2.28. The van der Waals surface area contributed by atoms with Crippen molar-refractivity contribution in [3.05, 3.63) is 30.3 Å². The van der Waals surface area contributed by atoms with Crippen LogP contribution in [0.3, 0.4) is 0 Å². The molecule has 0 aliphatic carbocycles. The molecular formula is C11H13F3N2O. The van der Waals surface area contributed by atoms with Gasteiger partial charge in [-0.25, -0.2) is 0 Å². The van der Waals surface area contributed by atoms with E-state index in [9.17, 15) is 18.0 Å². The number of hydrogen-bond acceptors (Lipinski definition) is 2. The van der Waals surface area contributed by atoms with Crippen LogP contribution >= 0.6 is 0 Å². The number of para-hydroxylation sites is 1. The van der Waals surface area contributed by atoms with Gasteiger partial charge in [0, 0.05) is 5.69 Å². The number of benzene rings is 1. The molecule has 17 heavy (non-hydrogen) atoms. The first-order chi connectivity index (χ1) is 7.93. The Balaban J connectivity index is 2.59. The molecule has 94 valence electrons. The van der Waals surface area contributed by atoms with Gasteiger partial charge < -0.3 is 10.6 Å². The number of carbonyl (C=O) groups is 1. The molecule has 0 aromatic heterocycles. The molecule has 0 fully saturated rings. The number of amides is 1. The van der Waals surface area contributed by atoms with E-state index in [0.29, 0.717) is 12.1 Å². The van der Waals surface area contributed by atoms with Crippen LogP contribution in [0.4, 0.5) is 18.9 Å². The van der Waals surface area contributed by atoms with Crippen molar-refractivity contribution in [3.8, 4) is 0 Å². The Morgan fingerprint density at radius 1 is 1.29 bits per heavy atom. The van der Waals surface area contributed by atoms with E-state index in [1.54, 1.807) is 37.3 Å². The second kappa shape index (κ2) is 5.56. The van der Waals surface area contributed by atoms with Crippen LogP contribution in [0.2, 0.25) is 0 Å². The smallest absolute Gasteiger partial charge is 0.365 e. The number of carbonyl (C=O) groups excluding carboxylic acids is 1. The maximum atomic E-state index is 12.0. The van der Waals surface area contributed by atoms with Gasteiger partial charge in [0.15, 0.2) is 0 Å². The van der Waals surface area contributed by atoms with Crippen molar-refractivity contribution < 1.29 is 18.0 Å². The molecule has 0 aliphatic rings. The second-order valence-electron chi connectivity index (χ2n) is 3.44. The quantitative estimate of drug-likeness (QED) is 0.801. The van der Waals surface area contributed by atoms with Crippen molar-refractivity contribution >= 4 is 11.6 Å². The van der Waals surface area contributed by atoms with Crippen LogP contribution in [0.1, 0.15) is 13.3 Å². The van der Waals surface area contributed by atoms with Crippen LogP contribution in [0.25, 0.3) is 0 Å². The van der Waals surface area contributed by atoms with Gasteiger partial charge in [-0.2, -0.15) is 13.2 Å². The van der Waals surface area contributed by atoms with Crippen LogP contribution in [0, 0.1) is 0 Å². The third-order valence-corrected chi connectivity index (χ3v) is 2.09. The predicted octanol–water partition coefficient (Wildman–Crippen LogP) is 2.51. The summed E-state index contributed by atoms with van der Waals surface area (Å²) in [5.74, 6) is -1.94. The van der Waals surface area contributed by atoms with Crippen molar-refractivity contribution in [2.45, 2.75) is 25.7 Å². The van der Waals surface area contributed by atoms with Crippen molar-refractivity contribution in [2.75, 3.05) is 5.32 Å². The van der Waals surface area contributed by atoms with Gasteiger partial charge in [-0.1, -0.05) is 25.1 Å². The summed E-state index contributed by atoms with van der Waals surface area (Å²) in [5, 5.41) is 4.68. The standard InChI is InChI=1S/C11H13F3N2O/c1-2-9(16-10(17)11(12,13)14)15-8-6-4-3-5-7-8/h3-7,9,15H,2H2,1H3,(H,16,17). The molecule has 0 spiro atoms. The summed E-state index contributed by atoms with van der Waals surface area (Å²) in [5.41, 5.74) is 0.654. The lowest BCUT2D eigenvalue weighted by Gasteiger charge is -2.20. The number of alkyl halides is 3. The van der Waals surface area contributed by atoms with Crippen LogP contribution in [-0.4, -0.2) is 18.2 Å². The molecule has 1 atom stereocenters. The zero-order valence-electron chi connectivity index (χ0n) is 9.21. The largest absolute Gasteiger partial charge is 0.471 e. The first kappa shape index (κ1) is 13.3. The molecular weight excluding hydrogens is 233 g/mol. The van der Waals surface area contributed by atoms with Gasteiger partial charge in [-0.3, -0.25) is 4.79 Å². The number of nitrogens with one attached hydrogen (secondary N) is 2. The second-order valence-corrected chi connectivity index (χ2v) is 3.44. The van der Waals surface area contributed by atoms with Gasteiger partial charge in [0.1, 0.15) is 0 Å². The average molecular weight is 246 g/mol. The normalized spacial score (nSPS) is 12.9. The fourth-order valence-electron chi connectivity index (χ4n) is 1.22. The minimum Gasteiger partial charge on any atom is -0.365 e. The van der Waals surface area contributed by atoms with Gasteiger partial charge in [0.25, 0.3) is 0 Å². The van der Waals surface area contributed by atoms with Crippen LogP contribution in [-0.2, 0) is 4.79 Å². The van der Waals surface area contributed by atoms with Gasteiger partial charge >= 0.3 is 12.1 Å². The molecule has 2 N–H and O–H groups in total. The summed E-state index contributed by atoms with van der Waals surface area (Å²) in [6.07, 6.45) is -5.26. The molecule has 1 unspecified atom stereocenters. The highest BCUT2D eigenvalue weighted by atomic mass is 19.4. The molecule has 0 heterocycles. The Morgan fingerprint density at radius 3 is 2.35 bits per heavy atom. The fraction of sp³-hybridized carbons (Fsp3) is 0.364. The van der Waals surface area contributed by atoms with Crippen molar-refractivity contribution in [1.82, 2.24) is 5.32 Å². The van der Waals surface area contributed by atoms with Crippen LogP contribution in [0.5, 0.6) is 0 Å². The van der Waals surface area contributed by atoms with Crippen molar-refractivity contribution in [2.24, 2.45) is 0 Å². The molecule has 0 radical (unpaired) electrons. The highest BCUT2D eigenvalue weighted by Gasteiger charge is 2.39. The Bertz CT molecular complexity index is 365. The lowest BCUT2D eigenvalue weighted by molar-refractivity contribution is -0.174. The van der Waals surface area contributed by atoms with E-state index in [1.165, 1.54) is 0 Å². The highest BCUT2D eigenvalue weighted by Crippen LogP contribution is 2.15. The highest BCUT2D eigenvalue weighted by molar-refractivity contribution is 5.82. The topological polar surface area (TPSA) is 41.1 Å². The Hall–Kier alpha value is -1.72. The summed E-state index contributed by atoms with van der Waals surface area (Å²) in [6, 6.07) is 8.71. The van der Waals surface area contributed by atoms with Crippen molar-refractivity contribution in [1.29, 1.82) is 0 Å². The summed E-state index contributed by atoms with van der Waals surface area (Å²) in [4.78, 5) is 10.7. The van der Waals surface area contributed by atoms with Gasteiger partial charge in [-0.05, 0) is 18.6 Å². The summed E-state index contributed by atoms with van der Waals surface area (Å²) in [6.45, 7) is 1.68. The van der Waals surface area contributed by atoms with Crippen LogP contribution < -0.4 is 10.6 Å². The van der Waals surface area contributed by atoms with E-state index >= 15 is 0 Å². The summed E-state index contributed by atoms with van der Waals surface area (Å²) < 4.78 is 36.1. The fourth-order valence-corrected chi connectivity index (χ4v) is 1.22. The van der Waals surface area contributed by atoms with E-state index < -0.39 is 18.2 Å². The Labute approximate surface area is 97.0 Å². The molecule has 1 amide bonds. The lowest BCUT2D eigenvalue weighted by Crippen LogP contribution is -2.46. The van der Waals surface area contributed by atoms with E-state index in [0.717, 1.165) is 0 Å². The molecule has 3 nitrogen and oxygen atoms in total. The number of rotatable bonds is 4. The van der Waals surface area contributed by atoms with Gasteiger partial charge in [0.2, 0.25) is 0 Å². The monoisotopic (exact) mass is 246 g/mol. The molecule has 0 aliphatic heterocycles. The van der Waals surface area contributed by atoms with E-state index in [1.807, 2.05) is 5.32 Å². The molecule has 0 saturated heterocycles. The zero-order valence-corrected chi connectivity index (χ0v) is 9.21. The van der Waals surface area contributed by atoms with E-state index in [4.69, 9.17) is 0 Å². The maximum Gasteiger partial charge on any atom is 0.471 e. The predicted molar refractivity (Wildman–Crippen MR) is 58.3 cm³/mol. The maximum absolute atomic E-state index is 12.0. The lowest BCUT2D eigenvalue weighted by atomic mass is 10.3. The molecule has 1 aromatic rings. The third kappa shape index (κ3) is 4.34. The molecule has 0 bridgehead atoms.